The fraction of sp³-hybridized carbons (Fsp3) is 0.393. The molecule has 0 aliphatic carbocycles. The number of rotatable bonds is 6. The Hall–Kier alpha value is -4.30. The number of pyridine rings is 2. The minimum atomic E-state index is -0.838. The molecule has 0 amide bonds. The van der Waals surface area contributed by atoms with Crippen molar-refractivity contribution in [1.29, 1.82) is 5.26 Å². The molecule has 0 radical (unpaired) electrons. The van der Waals surface area contributed by atoms with Gasteiger partial charge < -0.3 is 14.5 Å². The lowest BCUT2D eigenvalue weighted by atomic mass is 9.87. The number of ether oxygens (including phenoxy) is 1. The topological polar surface area (TPSA) is 98.7 Å². The molecule has 4 fully saturated rings. The van der Waals surface area contributed by atoms with Crippen LogP contribution in [0.4, 0.5) is 15.9 Å². The van der Waals surface area contributed by atoms with E-state index in [9.17, 15) is 9.65 Å². The zero-order valence-electron chi connectivity index (χ0n) is 21.6. The molecule has 198 valence electrons. The first kappa shape index (κ1) is 23.8. The highest BCUT2D eigenvalue weighted by Crippen LogP contribution is 2.36. The second-order valence-electron chi connectivity index (χ2n) is 10.5. The summed E-state index contributed by atoms with van der Waals surface area (Å²) in [6.45, 7) is 3.67. The molecule has 4 aliphatic heterocycles. The predicted molar refractivity (Wildman–Crippen MR) is 143 cm³/mol. The maximum atomic E-state index is 13.9. The number of methoxy groups -OCH3 is 1. The molecule has 4 aliphatic rings. The number of alkyl halides is 1. The number of piperidine rings is 1. The predicted octanol–water partition coefficient (Wildman–Crippen LogP) is 3.08. The molecule has 0 saturated carbocycles. The Labute approximate surface area is 225 Å². The van der Waals surface area contributed by atoms with Gasteiger partial charge in [-0.05, 0) is 24.5 Å². The lowest BCUT2D eigenvalue weighted by Gasteiger charge is -2.56. The van der Waals surface area contributed by atoms with E-state index in [1.54, 1.807) is 24.0 Å². The van der Waals surface area contributed by atoms with E-state index in [0.717, 1.165) is 36.7 Å². The van der Waals surface area contributed by atoms with Crippen LogP contribution in [0.2, 0.25) is 0 Å². The van der Waals surface area contributed by atoms with Gasteiger partial charge in [0.25, 0.3) is 0 Å². The van der Waals surface area contributed by atoms with Crippen molar-refractivity contribution in [3.05, 3.63) is 60.3 Å². The molecule has 8 rings (SSSR count). The molecule has 0 N–H and O–H groups in total. The van der Waals surface area contributed by atoms with Gasteiger partial charge in [-0.25, -0.2) is 18.9 Å². The Kier molecular flexibility index (Phi) is 5.77. The summed E-state index contributed by atoms with van der Waals surface area (Å²) in [7, 11) is 1.63. The number of nitrogens with zero attached hydrogens (tertiary/aromatic N) is 9. The molecule has 0 aromatic carbocycles. The molecule has 2 unspecified atom stereocenters. The number of aromatic nitrogens is 5. The Balaban J connectivity index is 1.10. The minimum absolute atomic E-state index is 0.352. The van der Waals surface area contributed by atoms with Gasteiger partial charge in [0, 0.05) is 62.6 Å². The van der Waals surface area contributed by atoms with Gasteiger partial charge in [0.15, 0.2) is 0 Å². The smallest absolute Gasteiger partial charge is 0.212 e. The summed E-state index contributed by atoms with van der Waals surface area (Å²) >= 11 is 0. The number of hydrogen-bond acceptors (Lipinski definition) is 9. The van der Waals surface area contributed by atoms with E-state index in [1.165, 1.54) is 12.0 Å². The average molecular weight is 526 g/mol. The summed E-state index contributed by atoms with van der Waals surface area (Å²) in [5.41, 5.74) is 4.62. The SMILES string of the molecule is COc1ccc(CN2C3CC2CN(c2cnc(-c4cc(N5CC[C@H](F)C5)cn5ncc(C#N)c45)cn2)C3)cn1. The van der Waals surface area contributed by atoms with Crippen molar-refractivity contribution in [2.75, 3.05) is 43.1 Å². The summed E-state index contributed by atoms with van der Waals surface area (Å²) in [4.78, 5) is 20.7. The monoisotopic (exact) mass is 525 g/mol. The molecular formula is C28H28FN9O. The second kappa shape index (κ2) is 9.47. The molecule has 8 heterocycles. The Morgan fingerprint density at radius 3 is 2.59 bits per heavy atom. The molecule has 4 aromatic heterocycles. The van der Waals surface area contributed by atoms with Crippen LogP contribution in [0.5, 0.6) is 5.88 Å². The number of anilines is 2. The summed E-state index contributed by atoms with van der Waals surface area (Å²) in [5, 5.41) is 14.1. The second-order valence-corrected chi connectivity index (χ2v) is 10.5. The van der Waals surface area contributed by atoms with Gasteiger partial charge in [-0.15, -0.1) is 0 Å². The van der Waals surface area contributed by atoms with Crippen LogP contribution in [0.1, 0.15) is 24.0 Å². The molecule has 0 spiro atoms. The van der Waals surface area contributed by atoms with Crippen LogP contribution in [0.15, 0.2) is 49.2 Å². The summed E-state index contributed by atoms with van der Waals surface area (Å²) in [5.74, 6) is 1.48. The standard InChI is InChI=1S/C28H28FN9O/c1-39-27-3-2-18(9-33-27)13-37-22-6-23(37)16-36(15-22)26-12-31-25(11-32-26)24-7-21(35-5-4-20(29)14-35)17-38-28(24)19(8-30)10-34-38/h2-3,7,9-12,17,20,22-23H,4-6,13-16H2,1H3/t20-,22?,23?/m0/s1. The molecule has 3 atom stereocenters. The van der Waals surface area contributed by atoms with E-state index in [1.807, 2.05) is 35.6 Å². The Morgan fingerprint density at radius 2 is 1.92 bits per heavy atom. The third-order valence-electron chi connectivity index (χ3n) is 8.17. The largest absolute Gasteiger partial charge is 0.481 e. The van der Waals surface area contributed by atoms with Crippen molar-refractivity contribution < 1.29 is 9.13 Å². The van der Waals surface area contributed by atoms with Crippen molar-refractivity contribution in [2.24, 2.45) is 0 Å². The van der Waals surface area contributed by atoms with Gasteiger partial charge in [0.2, 0.25) is 5.88 Å². The number of fused-ring (bicyclic) bond motifs is 3. The Morgan fingerprint density at radius 1 is 1.05 bits per heavy atom. The van der Waals surface area contributed by atoms with E-state index in [0.29, 0.717) is 54.2 Å². The van der Waals surface area contributed by atoms with Crippen molar-refractivity contribution in [3.8, 4) is 23.2 Å². The van der Waals surface area contributed by atoms with Crippen LogP contribution in [0.25, 0.3) is 16.8 Å². The van der Waals surface area contributed by atoms with Gasteiger partial charge in [0.05, 0.1) is 54.4 Å². The van der Waals surface area contributed by atoms with E-state index < -0.39 is 6.17 Å². The molecule has 11 heteroatoms. The zero-order valence-corrected chi connectivity index (χ0v) is 21.6. The number of halogens is 1. The van der Waals surface area contributed by atoms with Gasteiger partial charge in [-0.1, -0.05) is 6.07 Å². The fourth-order valence-electron chi connectivity index (χ4n) is 6.10. The molecule has 10 nitrogen and oxygen atoms in total. The number of nitriles is 1. The molecule has 2 bridgehead atoms. The number of piperazine rings is 1. The lowest BCUT2D eigenvalue weighted by molar-refractivity contribution is -0.00879. The quantitative estimate of drug-likeness (QED) is 0.376. The van der Waals surface area contributed by atoms with Crippen molar-refractivity contribution in [1.82, 2.24) is 29.5 Å². The fourth-order valence-corrected chi connectivity index (χ4v) is 6.10. The zero-order chi connectivity index (χ0) is 26.5. The maximum absolute atomic E-state index is 13.9. The summed E-state index contributed by atoms with van der Waals surface area (Å²) in [6.07, 6.45) is 9.74. The third kappa shape index (κ3) is 4.21. The van der Waals surface area contributed by atoms with Gasteiger partial charge >= 0.3 is 0 Å². The van der Waals surface area contributed by atoms with Crippen LogP contribution >= 0.6 is 0 Å². The van der Waals surface area contributed by atoms with Crippen LogP contribution in [-0.2, 0) is 6.54 Å². The summed E-state index contributed by atoms with van der Waals surface area (Å²) in [6, 6.07) is 9.12. The van der Waals surface area contributed by atoms with Crippen molar-refractivity contribution in [2.45, 2.75) is 37.6 Å². The molecule has 4 saturated heterocycles. The van der Waals surface area contributed by atoms with Crippen LogP contribution in [-0.4, -0.2) is 81.0 Å². The lowest BCUT2D eigenvalue weighted by Crippen LogP contribution is -2.68. The van der Waals surface area contributed by atoms with Gasteiger partial charge in [-0.3, -0.25) is 9.88 Å². The van der Waals surface area contributed by atoms with E-state index >= 15 is 0 Å². The molecular weight excluding hydrogens is 497 g/mol. The summed E-state index contributed by atoms with van der Waals surface area (Å²) < 4.78 is 20.8. The first-order valence-electron chi connectivity index (χ1n) is 13.2. The highest BCUT2D eigenvalue weighted by Gasteiger charge is 2.44. The van der Waals surface area contributed by atoms with Crippen molar-refractivity contribution >= 4 is 17.0 Å². The molecule has 39 heavy (non-hydrogen) atoms. The normalized spacial score (nSPS) is 22.6. The highest BCUT2D eigenvalue weighted by molar-refractivity contribution is 5.85. The minimum Gasteiger partial charge on any atom is -0.481 e. The third-order valence-corrected chi connectivity index (χ3v) is 8.17. The first-order chi connectivity index (χ1) is 19.1. The van der Waals surface area contributed by atoms with E-state index in [2.05, 4.69) is 32.0 Å². The number of hydrogen-bond donors (Lipinski definition) is 0. The highest BCUT2D eigenvalue weighted by atomic mass is 19.1. The van der Waals surface area contributed by atoms with Gasteiger partial charge in [0.1, 0.15) is 18.1 Å². The average Bonchev–Trinajstić information content (AvgIpc) is 3.62. The van der Waals surface area contributed by atoms with E-state index in [4.69, 9.17) is 14.7 Å². The first-order valence-corrected chi connectivity index (χ1v) is 13.2. The van der Waals surface area contributed by atoms with Crippen molar-refractivity contribution in [3.63, 3.8) is 0 Å². The van der Waals surface area contributed by atoms with Crippen LogP contribution in [0.3, 0.4) is 0 Å². The Bertz CT molecular complexity index is 1540. The van der Waals surface area contributed by atoms with Crippen LogP contribution < -0.4 is 14.5 Å². The maximum Gasteiger partial charge on any atom is 0.212 e. The van der Waals surface area contributed by atoms with Crippen LogP contribution in [0, 0.1) is 11.3 Å². The van der Waals surface area contributed by atoms with E-state index in [-0.39, 0.29) is 0 Å². The molecule has 4 aromatic rings. The van der Waals surface area contributed by atoms with Gasteiger partial charge in [-0.2, -0.15) is 10.4 Å².